The molecule has 0 saturated heterocycles. The van der Waals surface area contributed by atoms with Crippen LogP contribution in [0, 0.1) is 0 Å². The van der Waals surface area contributed by atoms with Crippen LogP contribution in [0.4, 0.5) is 21.3 Å². The van der Waals surface area contributed by atoms with Crippen LogP contribution in [0.1, 0.15) is 0 Å². The molecule has 2 aromatic heterocycles. The molecule has 0 saturated carbocycles. The number of hydrogen-bond donors (Lipinski definition) is 2. The van der Waals surface area contributed by atoms with Crippen LogP contribution >= 0.6 is 22.9 Å². The van der Waals surface area contributed by atoms with Gasteiger partial charge in [-0.05, 0) is 48.5 Å². The summed E-state index contributed by atoms with van der Waals surface area (Å²) in [5, 5.41) is 9.11. The first-order valence-corrected chi connectivity index (χ1v) is 9.90. The van der Waals surface area contributed by atoms with Crippen LogP contribution in [0.3, 0.4) is 0 Å². The number of hydrogen-bond acceptors (Lipinski definition) is 6. The van der Waals surface area contributed by atoms with Crippen molar-refractivity contribution in [1.82, 2.24) is 9.97 Å². The molecule has 144 valence electrons. The molecule has 0 spiro atoms. The van der Waals surface area contributed by atoms with E-state index in [0.29, 0.717) is 21.6 Å². The minimum atomic E-state index is -0.587. The fourth-order valence-electron chi connectivity index (χ4n) is 2.51. The van der Waals surface area contributed by atoms with E-state index in [2.05, 4.69) is 20.6 Å². The topological polar surface area (TPSA) is 76.1 Å². The number of ether oxygens (including phenoxy) is 1. The van der Waals surface area contributed by atoms with Crippen LogP contribution in [0.25, 0.3) is 11.4 Å². The summed E-state index contributed by atoms with van der Waals surface area (Å²) in [4.78, 5) is 20.9. The number of nitrogens with one attached hydrogen (secondary N) is 2. The highest BCUT2D eigenvalue weighted by Gasteiger charge is 2.08. The van der Waals surface area contributed by atoms with Crippen molar-refractivity contribution in [2.75, 3.05) is 10.6 Å². The van der Waals surface area contributed by atoms with E-state index in [0.717, 1.165) is 17.1 Å². The van der Waals surface area contributed by atoms with E-state index in [1.165, 1.54) is 11.3 Å². The summed E-state index contributed by atoms with van der Waals surface area (Å²) in [6, 6.07) is 19.6. The Bertz CT molecular complexity index is 1120. The summed E-state index contributed by atoms with van der Waals surface area (Å²) >= 11 is 7.31. The molecular formula is C21H15ClN4O2S. The van der Waals surface area contributed by atoms with Crippen LogP contribution in [0.15, 0.2) is 78.3 Å². The quantitative estimate of drug-likeness (QED) is 0.399. The third-order valence-corrected chi connectivity index (χ3v) is 4.83. The highest BCUT2D eigenvalue weighted by Crippen LogP contribution is 2.27. The van der Waals surface area contributed by atoms with Crippen molar-refractivity contribution in [3.05, 3.63) is 83.3 Å². The average Bonchev–Trinajstić information content (AvgIpc) is 3.19. The number of halogens is 1. The normalized spacial score (nSPS) is 10.4. The van der Waals surface area contributed by atoms with Gasteiger partial charge in [-0.15, -0.1) is 11.3 Å². The van der Waals surface area contributed by atoms with E-state index in [1.54, 1.807) is 48.7 Å². The van der Waals surface area contributed by atoms with Gasteiger partial charge in [0.15, 0.2) is 5.13 Å². The van der Waals surface area contributed by atoms with E-state index < -0.39 is 6.09 Å². The zero-order chi connectivity index (χ0) is 20.1. The zero-order valence-electron chi connectivity index (χ0n) is 15.0. The van der Waals surface area contributed by atoms with Crippen molar-refractivity contribution in [3.63, 3.8) is 0 Å². The minimum absolute atomic E-state index is 0.406. The van der Waals surface area contributed by atoms with Gasteiger partial charge < -0.3 is 10.1 Å². The maximum atomic E-state index is 12.1. The molecule has 0 radical (unpaired) electrons. The Balaban J connectivity index is 1.40. The third-order valence-electron chi connectivity index (χ3n) is 3.82. The fourth-order valence-corrected chi connectivity index (χ4v) is 3.36. The van der Waals surface area contributed by atoms with Crippen molar-refractivity contribution < 1.29 is 9.53 Å². The van der Waals surface area contributed by atoms with Gasteiger partial charge in [0.2, 0.25) is 0 Å². The number of rotatable bonds is 5. The first-order valence-electron chi connectivity index (χ1n) is 8.64. The van der Waals surface area contributed by atoms with Gasteiger partial charge in [-0.2, -0.15) is 0 Å². The maximum absolute atomic E-state index is 12.1. The predicted molar refractivity (Wildman–Crippen MR) is 116 cm³/mol. The molecule has 4 rings (SSSR count). The number of benzene rings is 2. The van der Waals surface area contributed by atoms with Crippen LogP contribution < -0.4 is 15.4 Å². The summed E-state index contributed by atoms with van der Waals surface area (Å²) in [5.74, 6) is 0.406. The van der Waals surface area contributed by atoms with Crippen molar-refractivity contribution in [3.8, 4) is 17.1 Å². The lowest BCUT2D eigenvalue weighted by Crippen LogP contribution is -2.16. The van der Waals surface area contributed by atoms with Gasteiger partial charge in [-0.3, -0.25) is 10.3 Å². The second-order valence-electron chi connectivity index (χ2n) is 5.93. The van der Waals surface area contributed by atoms with E-state index in [-0.39, 0.29) is 0 Å². The third kappa shape index (κ3) is 5.10. The van der Waals surface area contributed by atoms with Crippen molar-refractivity contribution in [2.45, 2.75) is 0 Å². The smallest absolute Gasteiger partial charge is 0.410 e. The number of amides is 1. The lowest BCUT2D eigenvalue weighted by atomic mass is 10.3. The van der Waals surface area contributed by atoms with Gasteiger partial charge in [0.05, 0.1) is 5.69 Å². The van der Waals surface area contributed by atoms with Crippen LogP contribution in [-0.2, 0) is 0 Å². The highest BCUT2D eigenvalue weighted by atomic mass is 35.5. The molecule has 2 heterocycles. The molecule has 0 aliphatic carbocycles. The molecule has 29 heavy (non-hydrogen) atoms. The van der Waals surface area contributed by atoms with Crippen molar-refractivity contribution in [2.24, 2.45) is 0 Å². The van der Waals surface area contributed by atoms with E-state index >= 15 is 0 Å². The Morgan fingerprint density at radius 3 is 2.62 bits per heavy atom. The van der Waals surface area contributed by atoms with E-state index in [4.69, 9.17) is 16.3 Å². The molecule has 0 aliphatic rings. The van der Waals surface area contributed by atoms with Crippen LogP contribution in [0.5, 0.6) is 5.75 Å². The van der Waals surface area contributed by atoms with E-state index in [1.807, 2.05) is 29.6 Å². The van der Waals surface area contributed by atoms with Crippen LogP contribution in [0.2, 0.25) is 5.02 Å². The Morgan fingerprint density at radius 2 is 1.83 bits per heavy atom. The van der Waals surface area contributed by atoms with Crippen LogP contribution in [-0.4, -0.2) is 16.1 Å². The molecule has 0 unspecified atom stereocenters. The van der Waals surface area contributed by atoms with Gasteiger partial charge in [0, 0.05) is 34.0 Å². The van der Waals surface area contributed by atoms with Gasteiger partial charge >= 0.3 is 6.09 Å². The number of anilines is 3. The first-order chi connectivity index (χ1) is 14.2. The largest absolute Gasteiger partial charge is 0.417 e. The number of pyridine rings is 1. The molecule has 2 aromatic carbocycles. The molecule has 0 bridgehead atoms. The van der Waals surface area contributed by atoms with Crippen molar-refractivity contribution >= 4 is 45.5 Å². The fraction of sp³-hybridized carbons (Fsp3) is 0. The summed E-state index contributed by atoms with van der Waals surface area (Å²) in [5.41, 5.74) is 2.96. The molecule has 6 nitrogen and oxygen atoms in total. The lowest BCUT2D eigenvalue weighted by Gasteiger charge is -2.08. The van der Waals surface area contributed by atoms with Gasteiger partial charge in [0.1, 0.15) is 11.4 Å². The average molecular weight is 423 g/mol. The molecule has 4 aromatic rings. The summed E-state index contributed by atoms with van der Waals surface area (Å²) in [6.07, 6.45) is 1.15. The Kier molecular flexibility index (Phi) is 5.69. The maximum Gasteiger partial charge on any atom is 0.417 e. The van der Waals surface area contributed by atoms with Gasteiger partial charge in [0.25, 0.3) is 0 Å². The Labute approximate surface area is 176 Å². The minimum Gasteiger partial charge on any atom is -0.410 e. The monoisotopic (exact) mass is 422 g/mol. The first kappa shape index (κ1) is 18.9. The SMILES string of the molecule is O=C(Nc1ccc(Cl)cc1)Oc1cccc(Nc2nc(-c3ccccn3)cs2)c1. The molecular weight excluding hydrogens is 408 g/mol. The second-order valence-corrected chi connectivity index (χ2v) is 7.22. The summed E-state index contributed by atoms with van der Waals surface area (Å²) in [6.45, 7) is 0. The summed E-state index contributed by atoms with van der Waals surface area (Å²) in [7, 11) is 0. The summed E-state index contributed by atoms with van der Waals surface area (Å²) < 4.78 is 5.35. The van der Waals surface area contributed by atoms with E-state index in [9.17, 15) is 4.79 Å². The van der Waals surface area contributed by atoms with Crippen molar-refractivity contribution in [1.29, 1.82) is 0 Å². The number of nitrogens with zero attached hydrogens (tertiary/aromatic N) is 2. The predicted octanol–water partition coefficient (Wildman–Crippen LogP) is 6.21. The lowest BCUT2D eigenvalue weighted by molar-refractivity contribution is 0.215. The standard InChI is InChI=1S/C21H15ClN4O2S/c22-14-7-9-15(10-8-14)25-21(27)28-17-5-3-4-16(12-17)24-20-26-19(13-29-20)18-6-1-2-11-23-18/h1-13H,(H,24,26)(H,25,27). The van der Waals surface area contributed by atoms with Gasteiger partial charge in [-0.1, -0.05) is 23.7 Å². The molecule has 8 heteroatoms. The second kappa shape index (κ2) is 8.72. The molecule has 0 atom stereocenters. The molecule has 2 N–H and O–H groups in total. The molecule has 0 aliphatic heterocycles. The zero-order valence-corrected chi connectivity index (χ0v) is 16.6. The number of thiazole rings is 1. The number of carbonyl (C=O) groups excluding carboxylic acids is 1. The number of carbonyl (C=O) groups is 1. The number of aromatic nitrogens is 2. The molecule has 1 amide bonds. The van der Waals surface area contributed by atoms with Gasteiger partial charge in [-0.25, -0.2) is 9.78 Å². The highest BCUT2D eigenvalue weighted by molar-refractivity contribution is 7.14. The Hall–Kier alpha value is -3.42. The molecule has 0 fully saturated rings. The Morgan fingerprint density at radius 1 is 0.966 bits per heavy atom.